The molecular weight excluding hydrogens is 394 g/mol. The van der Waals surface area contributed by atoms with E-state index in [9.17, 15) is 4.79 Å². The summed E-state index contributed by atoms with van der Waals surface area (Å²) in [6, 6.07) is 17.2. The number of hydrogen-bond donors (Lipinski definition) is 0. The minimum Gasteiger partial charge on any atom is -0.496 e. The van der Waals surface area contributed by atoms with E-state index < -0.39 is 0 Å². The van der Waals surface area contributed by atoms with Crippen molar-refractivity contribution in [3.05, 3.63) is 81.9 Å². The number of aromatic nitrogens is 5. The molecule has 2 heterocycles. The molecule has 158 valence electrons. The van der Waals surface area contributed by atoms with E-state index in [1.807, 2.05) is 68.4 Å². The average Bonchev–Trinajstić information content (AvgIpc) is 3.11. The van der Waals surface area contributed by atoms with Gasteiger partial charge in [-0.25, -0.2) is 9.78 Å². The van der Waals surface area contributed by atoms with E-state index in [0.717, 1.165) is 33.8 Å². The largest absolute Gasteiger partial charge is 0.496 e. The zero-order chi connectivity index (χ0) is 22.0. The maximum atomic E-state index is 12.3. The minimum atomic E-state index is -0.314. The molecule has 8 nitrogen and oxygen atoms in total. The molecule has 0 saturated carbocycles. The first-order chi connectivity index (χ1) is 15.0. The number of methoxy groups -OCH3 is 1. The molecule has 0 aliphatic heterocycles. The van der Waals surface area contributed by atoms with E-state index in [2.05, 4.69) is 10.4 Å². The molecule has 2 aromatic carbocycles. The first-order valence-electron chi connectivity index (χ1n) is 9.81. The van der Waals surface area contributed by atoms with Gasteiger partial charge >= 0.3 is 5.69 Å². The standard InChI is InChI=1S/C23H23N5O3/c1-15-8-7-10-20(28-23(29)27(3)25-26-28)18(15)14-31-21-13-12-19(24-16(21)2)17-9-5-6-11-22(17)30-4/h5-13H,14H2,1-4H3. The number of rotatable bonds is 6. The number of pyridine rings is 1. The zero-order valence-electron chi connectivity index (χ0n) is 17.9. The van der Waals surface area contributed by atoms with Crippen molar-refractivity contribution in [2.75, 3.05) is 7.11 Å². The first-order valence-corrected chi connectivity index (χ1v) is 9.81. The lowest BCUT2D eigenvalue weighted by Gasteiger charge is -2.15. The van der Waals surface area contributed by atoms with E-state index in [0.29, 0.717) is 11.4 Å². The van der Waals surface area contributed by atoms with Crippen molar-refractivity contribution in [2.45, 2.75) is 20.5 Å². The Labute approximate surface area is 179 Å². The fourth-order valence-corrected chi connectivity index (χ4v) is 3.39. The molecule has 0 unspecified atom stereocenters. The Morgan fingerprint density at radius 3 is 2.45 bits per heavy atom. The fraction of sp³-hybridized carbons (Fsp3) is 0.217. The van der Waals surface area contributed by atoms with Gasteiger partial charge in [-0.3, -0.25) is 0 Å². The highest BCUT2D eigenvalue weighted by molar-refractivity contribution is 5.67. The molecule has 0 radical (unpaired) electrons. The topological polar surface area (TPSA) is 84.1 Å². The van der Waals surface area contributed by atoms with E-state index in [4.69, 9.17) is 14.5 Å². The molecule has 0 aliphatic rings. The fourth-order valence-electron chi connectivity index (χ4n) is 3.39. The van der Waals surface area contributed by atoms with Crippen LogP contribution in [0.15, 0.2) is 59.4 Å². The summed E-state index contributed by atoms with van der Waals surface area (Å²) in [6.45, 7) is 4.14. The molecule has 0 N–H and O–H groups in total. The number of ether oxygens (including phenoxy) is 2. The molecule has 0 spiro atoms. The van der Waals surface area contributed by atoms with Gasteiger partial charge in [-0.2, -0.15) is 9.36 Å². The van der Waals surface area contributed by atoms with Crippen molar-refractivity contribution < 1.29 is 9.47 Å². The van der Waals surface area contributed by atoms with Crippen LogP contribution >= 0.6 is 0 Å². The molecule has 4 aromatic rings. The molecule has 0 saturated heterocycles. The molecule has 0 amide bonds. The molecule has 4 rings (SSSR count). The summed E-state index contributed by atoms with van der Waals surface area (Å²) in [6.07, 6.45) is 0. The van der Waals surface area contributed by atoms with Crippen LogP contribution in [0, 0.1) is 13.8 Å². The van der Waals surface area contributed by atoms with Crippen molar-refractivity contribution in [1.29, 1.82) is 0 Å². The second-order valence-corrected chi connectivity index (χ2v) is 7.14. The van der Waals surface area contributed by atoms with Gasteiger partial charge in [0.15, 0.2) is 0 Å². The van der Waals surface area contributed by atoms with Crippen LogP contribution < -0.4 is 15.2 Å². The van der Waals surface area contributed by atoms with Crippen molar-refractivity contribution in [2.24, 2.45) is 7.05 Å². The molecule has 0 aliphatic carbocycles. The van der Waals surface area contributed by atoms with Crippen LogP contribution in [0.2, 0.25) is 0 Å². The molecule has 2 aromatic heterocycles. The summed E-state index contributed by atoms with van der Waals surface area (Å²) in [5, 5.41) is 7.76. The lowest BCUT2D eigenvalue weighted by Crippen LogP contribution is -2.23. The number of hydrogen-bond acceptors (Lipinski definition) is 6. The number of aryl methyl sites for hydroxylation is 3. The van der Waals surface area contributed by atoms with Crippen LogP contribution in [0.5, 0.6) is 11.5 Å². The third-order valence-electron chi connectivity index (χ3n) is 5.13. The summed E-state index contributed by atoms with van der Waals surface area (Å²) in [7, 11) is 3.21. The minimum absolute atomic E-state index is 0.265. The van der Waals surface area contributed by atoms with Crippen LogP contribution in [-0.4, -0.2) is 31.9 Å². The highest BCUT2D eigenvalue weighted by Crippen LogP contribution is 2.30. The Kier molecular flexibility index (Phi) is 5.53. The van der Waals surface area contributed by atoms with Gasteiger partial charge in [0.1, 0.15) is 18.1 Å². The van der Waals surface area contributed by atoms with Crippen molar-refractivity contribution >= 4 is 0 Å². The summed E-state index contributed by atoms with van der Waals surface area (Å²) in [4.78, 5) is 17.0. The lowest BCUT2D eigenvalue weighted by atomic mass is 10.1. The number of para-hydroxylation sites is 1. The van der Waals surface area contributed by atoms with Crippen molar-refractivity contribution in [1.82, 2.24) is 24.8 Å². The quantitative estimate of drug-likeness (QED) is 0.479. The highest BCUT2D eigenvalue weighted by Gasteiger charge is 2.15. The zero-order valence-corrected chi connectivity index (χ0v) is 17.9. The van der Waals surface area contributed by atoms with Crippen LogP contribution in [0.3, 0.4) is 0 Å². The van der Waals surface area contributed by atoms with E-state index in [1.165, 1.54) is 9.36 Å². The normalized spacial score (nSPS) is 10.8. The molecule has 0 bridgehead atoms. The van der Waals surface area contributed by atoms with Gasteiger partial charge in [0, 0.05) is 18.2 Å². The predicted molar refractivity (Wildman–Crippen MR) is 117 cm³/mol. The summed E-state index contributed by atoms with van der Waals surface area (Å²) in [5.74, 6) is 1.43. The van der Waals surface area contributed by atoms with Gasteiger partial charge < -0.3 is 9.47 Å². The maximum Gasteiger partial charge on any atom is 0.368 e. The Bertz CT molecular complexity index is 1290. The summed E-state index contributed by atoms with van der Waals surface area (Å²) in [5.41, 5.74) is 4.67. The second kappa shape index (κ2) is 8.43. The van der Waals surface area contributed by atoms with Crippen molar-refractivity contribution in [3.63, 3.8) is 0 Å². The molecular formula is C23H23N5O3. The highest BCUT2D eigenvalue weighted by atomic mass is 16.5. The molecule has 31 heavy (non-hydrogen) atoms. The number of nitrogens with zero attached hydrogens (tertiary/aromatic N) is 5. The van der Waals surface area contributed by atoms with Crippen LogP contribution in [-0.2, 0) is 13.7 Å². The second-order valence-electron chi connectivity index (χ2n) is 7.14. The molecule has 0 atom stereocenters. The Hall–Kier alpha value is -3.94. The molecule has 8 heteroatoms. The van der Waals surface area contributed by atoms with Crippen molar-refractivity contribution in [3.8, 4) is 28.4 Å². The SMILES string of the molecule is COc1ccccc1-c1ccc(OCc2c(C)cccc2-n2nnn(C)c2=O)c(C)n1. The van der Waals surface area contributed by atoms with Crippen LogP contribution in [0.25, 0.3) is 16.9 Å². The first kappa shape index (κ1) is 20.3. The Morgan fingerprint density at radius 1 is 0.935 bits per heavy atom. The van der Waals surface area contributed by atoms with Crippen LogP contribution in [0.1, 0.15) is 16.8 Å². The van der Waals surface area contributed by atoms with Gasteiger partial charge in [0.2, 0.25) is 0 Å². The summed E-state index contributed by atoms with van der Waals surface area (Å²) < 4.78 is 14.0. The van der Waals surface area contributed by atoms with E-state index in [-0.39, 0.29) is 12.3 Å². The summed E-state index contributed by atoms with van der Waals surface area (Å²) >= 11 is 0. The monoisotopic (exact) mass is 417 g/mol. The Morgan fingerprint density at radius 2 is 1.74 bits per heavy atom. The maximum absolute atomic E-state index is 12.3. The van der Waals surface area contributed by atoms with Gasteiger partial charge in [0.25, 0.3) is 0 Å². The smallest absolute Gasteiger partial charge is 0.368 e. The Balaban J connectivity index is 1.62. The van der Waals surface area contributed by atoms with Gasteiger partial charge in [0.05, 0.1) is 24.2 Å². The third-order valence-corrected chi connectivity index (χ3v) is 5.13. The van der Waals surface area contributed by atoms with E-state index in [1.54, 1.807) is 14.2 Å². The van der Waals surface area contributed by atoms with Gasteiger partial charge in [-0.1, -0.05) is 24.3 Å². The third kappa shape index (κ3) is 3.92. The van der Waals surface area contributed by atoms with Gasteiger partial charge in [-0.15, -0.1) is 0 Å². The van der Waals surface area contributed by atoms with E-state index >= 15 is 0 Å². The molecule has 0 fully saturated rings. The lowest BCUT2D eigenvalue weighted by molar-refractivity contribution is 0.301. The van der Waals surface area contributed by atoms with Crippen LogP contribution in [0.4, 0.5) is 0 Å². The number of benzene rings is 2. The number of tetrazole rings is 1. The average molecular weight is 417 g/mol. The van der Waals surface area contributed by atoms with Gasteiger partial charge in [-0.05, 0) is 60.2 Å². The predicted octanol–water partition coefficient (Wildman–Crippen LogP) is 3.23.